The number of carbonyl (C=O) groups excluding carboxylic acids is 3. The number of aliphatic hydroxyl groups excluding tert-OH is 1. The summed E-state index contributed by atoms with van der Waals surface area (Å²) in [5, 5.41) is 11.3. The van der Waals surface area contributed by atoms with Crippen molar-refractivity contribution < 1.29 is 29.0 Å². The summed E-state index contributed by atoms with van der Waals surface area (Å²) < 4.78 is 10.8. The van der Waals surface area contributed by atoms with Crippen molar-refractivity contribution in [1.82, 2.24) is 0 Å². The predicted octanol–water partition coefficient (Wildman–Crippen LogP) is 5.64. The third-order valence-corrected chi connectivity index (χ3v) is 5.99. The topological polar surface area (TPSA) is 93.1 Å². The van der Waals surface area contributed by atoms with Crippen molar-refractivity contribution in [2.24, 2.45) is 0 Å². The molecule has 1 aliphatic heterocycles. The number of carbonyl (C=O) groups is 3. The van der Waals surface area contributed by atoms with Gasteiger partial charge >= 0.3 is 5.97 Å². The molecule has 1 heterocycles. The van der Waals surface area contributed by atoms with Crippen LogP contribution in [0.15, 0.2) is 72.3 Å². The molecule has 190 valence electrons. The van der Waals surface area contributed by atoms with E-state index in [9.17, 15) is 19.5 Å². The van der Waals surface area contributed by atoms with Gasteiger partial charge in [0.15, 0.2) is 0 Å². The minimum absolute atomic E-state index is 0.0216. The lowest BCUT2D eigenvalue weighted by Crippen LogP contribution is -2.29. The van der Waals surface area contributed by atoms with Gasteiger partial charge in [0.05, 0.1) is 18.2 Å². The van der Waals surface area contributed by atoms with Gasteiger partial charge in [-0.25, -0.2) is 0 Å². The number of hydrogen-bond acceptors (Lipinski definition) is 6. The van der Waals surface area contributed by atoms with E-state index < -0.39 is 23.7 Å². The van der Waals surface area contributed by atoms with E-state index in [4.69, 9.17) is 9.47 Å². The zero-order valence-corrected chi connectivity index (χ0v) is 21.3. The van der Waals surface area contributed by atoms with Crippen LogP contribution < -0.4 is 14.4 Å². The number of esters is 1. The van der Waals surface area contributed by atoms with E-state index in [1.807, 2.05) is 39.0 Å². The Hall–Kier alpha value is -4.39. The summed E-state index contributed by atoms with van der Waals surface area (Å²) in [4.78, 5) is 39.5. The van der Waals surface area contributed by atoms with E-state index in [1.165, 1.54) is 11.8 Å². The fourth-order valence-electron chi connectivity index (χ4n) is 4.47. The highest BCUT2D eigenvalue weighted by atomic mass is 16.5. The smallest absolute Gasteiger partial charge is 0.308 e. The van der Waals surface area contributed by atoms with E-state index in [2.05, 4.69) is 0 Å². The zero-order valence-electron chi connectivity index (χ0n) is 21.3. The molecule has 1 atom stereocenters. The highest BCUT2D eigenvalue weighted by molar-refractivity contribution is 6.51. The molecule has 37 heavy (non-hydrogen) atoms. The lowest BCUT2D eigenvalue weighted by Gasteiger charge is -2.26. The molecule has 7 nitrogen and oxygen atoms in total. The van der Waals surface area contributed by atoms with Gasteiger partial charge in [-0.15, -0.1) is 0 Å². The van der Waals surface area contributed by atoms with E-state index >= 15 is 0 Å². The summed E-state index contributed by atoms with van der Waals surface area (Å²) in [6, 6.07) is 18.1. The van der Waals surface area contributed by atoms with E-state index in [0.29, 0.717) is 34.9 Å². The van der Waals surface area contributed by atoms with Crippen molar-refractivity contribution in [2.75, 3.05) is 11.5 Å². The molecule has 0 bridgehead atoms. The second-order valence-electron chi connectivity index (χ2n) is 9.05. The van der Waals surface area contributed by atoms with Crippen molar-refractivity contribution in [2.45, 2.75) is 40.2 Å². The maximum absolute atomic E-state index is 13.4. The fourth-order valence-corrected chi connectivity index (χ4v) is 4.47. The third kappa shape index (κ3) is 5.40. The molecule has 3 aromatic carbocycles. The highest BCUT2D eigenvalue weighted by Crippen LogP contribution is 2.43. The standard InChI is InChI=1S/C30H29NO6/c1-5-14-36-24-10-8-22(9-11-24)28(33)26-27(21-6-12-25(13-7-21)37-20(4)32)31(30(35)29(26)34)23-16-18(2)15-19(3)17-23/h6-13,15-17,27,33H,5,14H2,1-4H3/b28-26+. The SMILES string of the molecule is CCCOc1ccc(/C(O)=C2\C(=O)C(=O)N(c3cc(C)cc(C)c3)C2c2ccc(OC(C)=O)cc2)cc1. The Morgan fingerprint density at radius 2 is 1.51 bits per heavy atom. The first kappa shape index (κ1) is 25.7. The van der Waals surface area contributed by atoms with Crippen LogP contribution >= 0.6 is 0 Å². The fraction of sp³-hybridized carbons (Fsp3) is 0.233. The number of nitrogens with zero attached hydrogens (tertiary/aromatic N) is 1. The molecule has 1 aliphatic rings. The summed E-state index contributed by atoms with van der Waals surface area (Å²) in [5.41, 5.74) is 3.37. The Bertz CT molecular complexity index is 1350. The summed E-state index contributed by atoms with van der Waals surface area (Å²) in [7, 11) is 0. The Labute approximate surface area is 215 Å². The third-order valence-electron chi connectivity index (χ3n) is 5.99. The zero-order chi connectivity index (χ0) is 26.7. The molecule has 1 fully saturated rings. The van der Waals surface area contributed by atoms with E-state index in [1.54, 1.807) is 48.5 Å². The average Bonchev–Trinajstić information content (AvgIpc) is 3.12. The Morgan fingerprint density at radius 3 is 2.08 bits per heavy atom. The van der Waals surface area contributed by atoms with Gasteiger partial charge in [-0.3, -0.25) is 19.3 Å². The summed E-state index contributed by atoms with van der Waals surface area (Å²) >= 11 is 0. The molecule has 1 amide bonds. The maximum Gasteiger partial charge on any atom is 0.308 e. The van der Waals surface area contributed by atoms with Crippen molar-refractivity contribution in [3.05, 3.63) is 94.6 Å². The number of amides is 1. The van der Waals surface area contributed by atoms with E-state index in [-0.39, 0.29) is 11.3 Å². The van der Waals surface area contributed by atoms with Crippen molar-refractivity contribution in [3.63, 3.8) is 0 Å². The lowest BCUT2D eigenvalue weighted by molar-refractivity contribution is -0.132. The van der Waals surface area contributed by atoms with Crippen LogP contribution in [-0.4, -0.2) is 29.4 Å². The number of ketones is 1. The number of aryl methyl sites for hydroxylation is 2. The molecule has 1 N–H and O–H groups in total. The molecule has 0 spiro atoms. The number of anilines is 1. The number of aliphatic hydroxyl groups is 1. The van der Waals surface area contributed by atoms with Crippen LogP contribution in [-0.2, 0) is 14.4 Å². The molecule has 0 aliphatic carbocycles. The monoisotopic (exact) mass is 499 g/mol. The first-order valence-electron chi connectivity index (χ1n) is 12.1. The Kier molecular flexibility index (Phi) is 7.43. The van der Waals surface area contributed by atoms with Crippen molar-refractivity contribution >= 4 is 29.1 Å². The largest absolute Gasteiger partial charge is 0.507 e. The first-order valence-corrected chi connectivity index (χ1v) is 12.1. The minimum atomic E-state index is -0.886. The number of hydrogen-bond donors (Lipinski definition) is 1. The molecule has 1 unspecified atom stereocenters. The van der Waals surface area contributed by atoms with E-state index in [0.717, 1.165) is 17.5 Å². The quantitative estimate of drug-likeness (QED) is 0.149. The minimum Gasteiger partial charge on any atom is -0.507 e. The van der Waals surface area contributed by atoms with Gasteiger partial charge in [-0.2, -0.15) is 0 Å². The molecule has 7 heteroatoms. The van der Waals surface area contributed by atoms with Crippen LogP contribution in [0.2, 0.25) is 0 Å². The first-order chi connectivity index (χ1) is 17.7. The van der Waals surface area contributed by atoms with Gasteiger partial charge in [0, 0.05) is 18.2 Å². The van der Waals surface area contributed by atoms with Gasteiger partial charge in [0.25, 0.3) is 11.7 Å². The van der Waals surface area contributed by atoms with Gasteiger partial charge in [-0.1, -0.05) is 25.1 Å². The molecule has 3 aromatic rings. The summed E-state index contributed by atoms with van der Waals surface area (Å²) in [5.74, 6) is -1.27. The maximum atomic E-state index is 13.4. The molecular formula is C30H29NO6. The average molecular weight is 500 g/mol. The van der Waals surface area contributed by atoms with Crippen molar-refractivity contribution in [1.29, 1.82) is 0 Å². The van der Waals surface area contributed by atoms with Gasteiger partial charge < -0.3 is 14.6 Å². The van der Waals surface area contributed by atoms with Crippen LogP contribution in [0.3, 0.4) is 0 Å². The van der Waals surface area contributed by atoms with Crippen molar-refractivity contribution in [3.8, 4) is 11.5 Å². The molecule has 4 rings (SSSR count). The Morgan fingerprint density at radius 1 is 0.919 bits per heavy atom. The van der Waals surface area contributed by atoms with Crippen LogP contribution in [0, 0.1) is 13.8 Å². The predicted molar refractivity (Wildman–Crippen MR) is 141 cm³/mol. The second-order valence-corrected chi connectivity index (χ2v) is 9.05. The lowest BCUT2D eigenvalue weighted by atomic mass is 9.95. The number of benzene rings is 3. The van der Waals surface area contributed by atoms with Crippen LogP contribution in [0.25, 0.3) is 5.76 Å². The van der Waals surface area contributed by atoms with Gasteiger partial charge in [0.1, 0.15) is 17.3 Å². The molecular weight excluding hydrogens is 470 g/mol. The summed E-state index contributed by atoms with van der Waals surface area (Å²) in [6.45, 7) is 7.71. The van der Waals surface area contributed by atoms with Crippen LogP contribution in [0.4, 0.5) is 5.69 Å². The normalized spacial score (nSPS) is 16.6. The van der Waals surface area contributed by atoms with Gasteiger partial charge in [0.2, 0.25) is 0 Å². The number of ether oxygens (including phenoxy) is 2. The Balaban J connectivity index is 1.85. The van der Waals surface area contributed by atoms with Crippen LogP contribution in [0.1, 0.15) is 48.6 Å². The van der Waals surface area contributed by atoms with Crippen LogP contribution in [0.5, 0.6) is 11.5 Å². The molecule has 1 saturated heterocycles. The highest BCUT2D eigenvalue weighted by Gasteiger charge is 2.47. The number of Topliss-reactive ketones (excluding diaryl/α,β-unsaturated/α-hetero) is 1. The second kappa shape index (κ2) is 10.7. The molecule has 0 radical (unpaired) electrons. The molecule has 0 saturated carbocycles. The number of rotatable bonds is 7. The molecule has 0 aromatic heterocycles. The summed E-state index contributed by atoms with van der Waals surface area (Å²) in [6.07, 6.45) is 0.861. The van der Waals surface area contributed by atoms with Gasteiger partial charge in [-0.05, 0) is 85.5 Å².